The number of benzene rings is 1. The smallest absolute Gasteiger partial charge is 0.317 e. The second-order valence-electron chi connectivity index (χ2n) is 7.52. The van der Waals surface area contributed by atoms with Crippen LogP contribution in [0.3, 0.4) is 0 Å². The third kappa shape index (κ3) is 4.55. The van der Waals surface area contributed by atoms with Crippen LogP contribution in [0.15, 0.2) is 30.3 Å². The van der Waals surface area contributed by atoms with Gasteiger partial charge in [-0.1, -0.05) is 30.3 Å². The van der Waals surface area contributed by atoms with Crippen molar-refractivity contribution in [3.8, 4) is 0 Å². The van der Waals surface area contributed by atoms with E-state index in [1.54, 1.807) is 0 Å². The normalized spacial score (nSPS) is 25.5. The number of carbonyl (C=O) groups excluding carboxylic acids is 1. The molecule has 2 amide bonds. The highest BCUT2D eigenvalue weighted by atomic mass is 16.4. The lowest BCUT2D eigenvalue weighted by atomic mass is 9.86. The van der Waals surface area contributed by atoms with Crippen molar-refractivity contribution in [1.29, 1.82) is 0 Å². The minimum absolute atomic E-state index is 0.0589. The molecule has 26 heavy (non-hydrogen) atoms. The van der Waals surface area contributed by atoms with Crippen LogP contribution >= 0.6 is 0 Å². The first-order valence-corrected chi connectivity index (χ1v) is 9.56. The molecule has 2 fully saturated rings. The summed E-state index contributed by atoms with van der Waals surface area (Å²) >= 11 is 0. The van der Waals surface area contributed by atoms with E-state index in [9.17, 15) is 14.7 Å². The number of aliphatic hydroxyl groups excluding tert-OH is 1. The lowest BCUT2D eigenvalue weighted by molar-refractivity contribution is -0.142. The number of aliphatic hydroxyl groups is 1. The molecule has 6 heteroatoms. The number of carbonyl (C=O) groups is 2. The van der Waals surface area contributed by atoms with E-state index in [1.807, 2.05) is 35.2 Å². The van der Waals surface area contributed by atoms with Crippen LogP contribution in [0.5, 0.6) is 0 Å². The Balaban J connectivity index is 1.43. The van der Waals surface area contributed by atoms with Crippen LogP contribution in [0.1, 0.15) is 50.2 Å². The first-order valence-electron chi connectivity index (χ1n) is 9.56. The number of carboxylic acids is 1. The van der Waals surface area contributed by atoms with Gasteiger partial charge in [0.25, 0.3) is 0 Å². The Kier molecular flexibility index (Phi) is 6.14. The van der Waals surface area contributed by atoms with Crippen LogP contribution in [0.25, 0.3) is 0 Å². The van der Waals surface area contributed by atoms with Gasteiger partial charge in [-0.15, -0.1) is 0 Å². The number of amides is 2. The molecule has 6 nitrogen and oxygen atoms in total. The number of rotatable bonds is 4. The molecule has 0 radical (unpaired) electrons. The Labute approximate surface area is 154 Å². The fourth-order valence-electron chi connectivity index (χ4n) is 4.09. The molecule has 0 aromatic heterocycles. The summed E-state index contributed by atoms with van der Waals surface area (Å²) in [4.78, 5) is 25.3. The summed E-state index contributed by atoms with van der Waals surface area (Å²) in [5.41, 5.74) is 0.936. The van der Waals surface area contributed by atoms with E-state index in [1.165, 1.54) is 0 Å². The molecular formula is C20H28N2O4. The van der Waals surface area contributed by atoms with Gasteiger partial charge in [0.15, 0.2) is 0 Å². The maximum Gasteiger partial charge on any atom is 0.317 e. The number of urea groups is 1. The molecule has 1 heterocycles. The van der Waals surface area contributed by atoms with E-state index in [4.69, 9.17) is 5.11 Å². The molecule has 3 rings (SSSR count). The molecule has 1 unspecified atom stereocenters. The van der Waals surface area contributed by atoms with Crippen molar-refractivity contribution in [3.63, 3.8) is 0 Å². The van der Waals surface area contributed by atoms with Gasteiger partial charge in [-0.05, 0) is 50.0 Å². The molecule has 0 spiro atoms. The summed E-state index contributed by atoms with van der Waals surface area (Å²) in [6, 6.07) is 9.70. The molecule has 1 aliphatic heterocycles. The molecule has 142 valence electrons. The molecular weight excluding hydrogens is 332 g/mol. The summed E-state index contributed by atoms with van der Waals surface area (Å²) in [7, 11) is 0. The highest BCUT2D eigenvalue weighted by Crippen LogP contribution is 2.31. The number of piperidine rings is 1. The van der Waals surface area contributed by atoms with Gasteiger partial charge in [0.05, 0.1) is 12.0 Å². The van der Waals surface area contributed by atoms with Crippen molar-refractivity contribution >= 4 is 12.0 Å². The Hall–Kier alpha value is -2.08. The van der Waals surface area contributed by atoms with Crippen molar-refractivity contribution in [2.45, 2.75) is 50.7 Å². The van der Waals surface area contributed by atoms with Crippen LogP contribution < -0.4 is 5.32 Å². The molecule has 1 saturated heterocycles. The molecule has 2 aliphatic rings. The standard InChI is InChI=1S/C20H28N2O4/c23-18(14-4-2-1-3-5-14)15-10-12-22(13-11-15)20(26)21-17-8-6-16(7-9-17)19(24)25/h1-5,15-18,23H,6-13H2,(H,21,26)(H,24,25). The van der Waals surface area contributed by atoms with Crippen LogP contribution in [-0.2, 0) is 4.79 Å². The third-order valence-electron chi connectivity index (χ3n) is 5.82. The van der Waals surface area contributed by atoms with Gasteiger partial charge in [-0.25, -0.2) is 4.79 Å². The summed E-state index contributed by atoms with van der Waals surface area (Å²) < 4.78 is 0. The van der Waals surface area contributed by atoms with E-state index in [0.29, 0.717) is 25.9 Å². The minimum Gasteiger partial charge on any atom is -0.481 e. The van der Waals surface area contributed by atoms with E-state index in [-0.39, 0.29) is 23.9 Å². The van der Waals surface area contributed by atoms with Crippen LogP contribution in [-0.4, -0.2) is 46.2 Å². The summed E-state index contributed by atoms with van der Waals surface area (Å²) in [5.74, 6) is -0.820. The Bertz CT molecular complexity index is 605. The van der Waals surface area contributed by atoms with Gasteiger partial charge in [-0.2, -0.15) is 0 Å². The first-order chi connectivity index (χ1) is 12.5. The zero-order valence-corrected chi connectivity index (χ0v) is 15.0. The maximum absolute atomic E-state index is 12.5. The van der Waals surface area contributed by atoms with Gasteiger partial charge < -0.3 is 20.4 Å². The van der Waals surface area contributed by atoms with Crippen LogP contribution in [0.4, 0.5) is 4.79 Å². The van der Waals surface area contributed by atoms with E-state index in [2.05, 4.69) is 5.32 Å². The van der Waals surface area contributed by atoms with Gasteiger partial charge in [-0.3, -0.25) is 4.79 Å². The number of hydrogen-bond donors (Lipinski definition) is 3. The zero-order chi connectivity index (χ0) is 18.5. The Morgan fingerprint density at radius 3 is 2.19 bits per heavy atom. The fraction of sp³-hybridized carbons (Fsp3) is 0.600. The van der Waals surface area contributed by atoms with Crippen molar-refractivity contribution in [3.05, 3.63) is 35.9 Å². The van der Waals surface area contributed by atoms with Gasteiger partial charge in [0.2, 0.25) is 0 Å². The molecule has 1 saturated carbocycles. The zero-order valence-electron chi connectivity index (χ0n) is 15.0. The largest absolute Gasteiger partial charge is 0.481 e. The average Bonchev–Trinajstić information content (AvgIpc) is 2.68. The van der Waals surface area contributed by atoms with E-state index >= 15 is 0 Å². The topological polar surface area (TPSA) is 89.9 Å². The van der Waals surface area contributed by atoms with Crippen molar-refractivity contribution in [1.82, 2.24) is 10.2 Å². The monoisotopic (exact) mass is 360 g/mol. The fourth-order valence-corrected chi connectivity index (χ4v) is 4.09. The number of nitrogens with one attached hydrogen (secondary N) is 1. The number of aliphatic carboxylic acids is 1. The highest BCUT2D eigenvalue weighted by Gasteiger charge is 2.31. The quantitative estimate of drug-likeness (QED) is 0.770. The SMILES string of the molecule is O=C(O)C1CCC(NC(=O)N2CCC(C(O)c3ccccc3)CC2)CC1. The van der Waals surface area contributed by atoms with Crippen molar-refractivity contribution in [2.75, 3.05) is 13.1 Å². The lowest BCUT2D eigenvalue weighted by Crippen LogP contribution is -2.49. The summed E-state index contributed by atoms with van der Waals surface area (Å²) in [5, 5.41) is 22.6. The molecule has 3 N–H and O–H groups in total. The summed E-state index contributed by atoms with van der Waals surface area (Å²) in [6.07, 6.45) is 3.81. The summed E-state index contributed by atoms with van der Waals surface area (Å²) in [6.45, 7) is 1.29. The molecule has 1 aromatic carbocycles. The van der Waals surface area contributed by atoms with Gasteiger partial charge in [0.1, 0.15) is 0 Å². The van der Waals surface area contributed by atoms with E-state index in [0.717, 1.165) is 31.2 Å². The molecule has 1 atom stereocenters. The molecule has 1 aromatic rings. The second kappa shape index (κ2) is 8.54. The number of hydrogen-bond acceptors (Lipinski definition) is 3. The predicted molar refractivity (Wildman–Crippen MR) is 97.6 cm³/mol. The first kappa shape index (κ1) is 18.7. The second-order valence-corrected chi connectivity index (χ2v) is 7.52. The highest BCUT2D eigenvalue weighted by molar-refractivity contribution is 5.74. The third-order valence-corrected chi connectivity index (χ3v) is 5.82. The van der Waals surface area contributed by atoms with Gasteiger partial charge >= 0.3 is 12.0 Å². The van der Waals surface area contributed by atoms with Crippen LogP contribution in [0, 0.1) is 11.8 Å². The Morgan fingerprint density at radius 1 is 1.00 bits per heavy atom. The minimum atomic E-state index is -0.728. The van der Waals surface area contributed by atoms with Crippen molar-refractivity contribution < 1.29 is 19.8 Å². The number of likely N-dealkylation sites (tertiary alicyclic amines) is 1. The molecule has 1 aliphatic carbocycles. The lowest BCUT2D eigenvalue weighted by Gasteiger charge is -2.36. The number of nitrogens with zero attached hydrogens (tertiary/aromatic N) is 1. The number of carboxylic acid groups (broad SMARTS) is 1. The van der Waals surface area contributed by atoms with Crippen molar-refractivity contribution in [2.24, 2.45) is 11.8 Å². The van der Waals surface area contributed by atoms with E-state index < -0.39 is 12.1 Å². The predicted octanol–water partition coefficient (Wildman–Crippen LogP) is 2.79. The average molecular weight is 360 g/mol. The van der Waals surface area contributed by atoms with Crippen LogP contribution in [0.2, 0.25) is 0 Å². The van der Waals surface area contributed by atoms with Gasteiger partial charge in [0, 0.05) is 19.1 Å². The molecule has 0 bridgehead atoms. The Morgan fingerprint density at radius 2 is 1.62 bits per heavy atom. The maximum atomic E-state index is 12.5.